The van der Waals surface area contributed by atoms with Crippen LogP contribution in [0.25, 0.3) is 0 Å². The van der Waals surface area contributed by atoms with Crippen LogP contribution in [0, 0.1) is 12.7 Å². The monoisotopic (exact) mass is 277 g/mol. The SMILES string of the molecule is Cc1oc(CN(C)c2ccc(F)cc2)cc1C(=O)NN. The van der Waals surface area contributed by atoms with Crippen molar-refractivity contribution < 1.29 is 13.6 Å². The van der Waals surface area contributed by atoms with E-state index in [9.17, 15) is 9.18 Å². The molecule has 1 aromatic carbocycles. The number of rotatable bonds is 4. The highest BCUT2D eigenvalue weighted by molar-refractivity contribution is 5.94. The van der Waals surface area contributed by atoms with Crippen molar-refractivity contribution in [2.24, 2.45) is 5.84 Å². The first-order chi connectivity index (χ1) is 9.51. The number of nitrogens with zero attached hydrogens (tertiary/aromatic N) is 1. The molecule has 0 aliphatic heterocycles. The minimum Gasteiger partial charge on any atom is -0.464 e. The maximum atomic E-state index is 12.9. The number of furan rings is 1. The average Bonchev–Trinajstić information content (AvgIpc) is 2.79. The molecule has 0 aliphatic rings. The Morgan fingerprint density at radius 1 is 1.40 bits per heavy atom. The maximum Gasteiger partial charge on any atom is 0.268 e. The average molecular weight is 277 g/mol. The number of amides is 1. The Hall–Kier alpha value is -2.34. The molecule has 106 valence electrons. The van der Waals surface area contributed by atoms with E-state index in [1.54, 1.807) is 25.1 Å². The summed E-state index contributed by atoms with van der Waals surface area (Å²) in [7, 11) is 1.85. The topological polar surface area (TPSA) is 71.5 Å². The Kier molecular flexibility index (Phi) is 4.05. The third-order valence-corrected chi connectivity index (χ3v) is 3.00. The van der Waals surface area contributed by atoms with Crippen molar-refractivity contribution in [2.45, 2.75) is 13.5 Å². The molecule has 1 amide bonds. The standard InChI is InChI=1S/C14H16FN3O2/c1-9-13(14(19)17-16)7-12(20-9)8-18(2)11-5-3-10(15)4-6-11/h3-7H,8,16H2,1-2H3,(H,17,19). The number of nitrogen functional groups attached to an aromatic ring is 1. The fourth-order valence-corrected chi connectivity index (χ4v) is 1.95. The lowest BCUT2D eigenvalue weighted by molar-refractivity contribution is 0.0952. The first kappa shape index (κ1) is 14.1. The van der Waals surface area contributed by atoms with Gasteiger partial charge in [0.25, 0.3) is 5.91 Å². The van der Waals surface area contributed by atoms with Crippen LogP contribution in [0.15, 0.2) is 34.7 Å². The third-order valence-electron chi connectivity index (χ3n) is 3.00. The fraction of sp³-hybridized carbons (Fsp3) is 0.214. The van der Waals surface area contributed by atoms with E-state index in [2.05, 4.69) is 5.43 Å². The largest absolute Gasteiger partial charge is 0.464 e. The van der Waals surface area contributed by atoms with Gasteiger partial charge in [-0.1, -0.05) is 0 Å². The summed E-state index contributed by atoms with van der Waals surface area (Å²) in [5.74, 6) is 5.58. The van der Waals surface area contributed by atoms with Crippen molar-refractivity contribution in [1.29, 1.82) is 0 Å². The van der Waals surface area contributed by atoms with Crippen LogP contribution in [-0.4, -0.2) is 13.0 Å². The Labute approximate surface area is 116 Å². The molecule has 2 aromatic rings. The van der Waals surface area contributed by atoms with Crippen LogP contribution in [0.1, 0.15) is 21.9 Å². The number of anilines is 1. The predicted octanol–water partition coefficient (Wildman–Crippen LogP) is 1.97. The van der Waals surface area contributed by atoms with E-state index in [0.29, 0.717) is 23.6 Å². The van der Waals surface area contributed by atoms with Crippen molar-refractivity contribution >= 4 is 11.6 Å². The molecule has 0 aliphatic carbocycles. The van der Waals surface area contributed by atoms with Gasteiger partial charge in [-0.15, -0.1) is 0 Å². The van der Waals surface area contributed by atoms with E-state index in [4.69, 9.17) is 10.3 Å². The van der Waals surface area contributed by atoms with Crippen molar-refractivity contribution in [2.75, 3.05) is 11.9 Å². The molecule has 0 spiro atoms. The molecule has 0 unspecified atom stereocenters. The van der Waals surface area contributed by atoms with Gasteiger partial charge >= 0.3 is 0 Å². The van der Waals surface area contributed by atoms with Gasteiger partial charge in [0.15, 0.2) is 0 Å². The number of halogens is 1. The number of nitrogens with two attached hydrogens (primary N) is 1. The summed E-state index contributed by atoms with van der Waals surface area (Å²) in [6.07, 6.45) is 0. The second-order valence-electron chi connectivity index (χ2n) is 4.49. The number of hydrazine groups is 1. The van der Waals surface area contributed by atoms with Gasteiger partial charge in [-0.3, -0.25) is 10.2 Å². The molecule has 0 saturated carbocycles. The summed E-state index contributed by atoms with van der Waals surface area (Å²) in [5.41, 5.74) is 3.34. The van der Waals surface area contributed by atoms with Crippen molar-refractivity contribution in [3.05, 3.63) is 53.2 Å². The van der Waals surface area contributed by atoms with Crippen LogP contribution in [0.2, 0.25) is 0 Å². The number of nitrogens with one attached hydrogen (secondary N) is 1. The molecule has 5 nitrogen and oxygen atoms in total. The highest BCUT2D eigenvalue weighted by Crippen LogP contribution is 2.19. The van der Waals surface area contributed by atoms with Gasteiger partial charge < -0.3 is 9.32 Å². The van der Waals surface area contributed by atoms with Gasteiger partial charge in [0.1, 0.15) is 17.3 Å². The Morgan fingerprint density at radius 2 is 2.05 bits per heavy atom. The van der Waals surface area contributed by atoms with Gasteiger partial charge in [0.2, 0.25) is 0 Å². The summed E-state index contributed by atoms with van der Waals surface area (Å²) in [5, 5.41) is 0. The van der Waals surface area contributed by atoms with Crippen LogP contribution in [0.3, 0.4) is 0 Å². The van der Waals surface area contributed by atoms with Crippen molar-refractivity contribution in [3.8, 4) is 0 Å². The van der Waals surface area contributed by atoms with Gasteiger partial charge in [0.05, 0.1) is 12.1 Å². The molecule has 1 aromatic heterocycles. The molecule has 0 radical (unpaired) electrons. The molecule has 0 saturated heterocycles. The van der Waals surface area contributed by atoms with Crippen LogP contribution in [-0.2, 0) is 6.54 Å². The number of benzene rings is 1. The summed E-state index contributed by atoms with van der Waals surface area (Å²) >= 11 is 0. The quantitative estimate of drug-likeness (QED) is 0.509. The van der Waals surface area contributed by atoms with E-state index in [-0.39, 0.29) is 11.7 Å². The minimum atomic E-state index is -0.387. The van der Waals surface area contributed by atoms with Crippen LogP contribution >= 0.6 is 0 Å². The zero-order valence-electron chi connectivity index (χ0n) is 11.3. The molecule has 0 bridgehead atoms. The summed E-state index contributed by atoms with van der Waals surface area (Å²) in [6.45, 7) is 2.16. The number of carbonyl (C=O) groups is 1. The van der Waals surface area contributed by atoms with E-state index in [1.807, 2.05) is 11.9 Å². The third kappa shape index (κ3) is 2.97. The van der Waals surface area contributed by atoms with Gasteiger partial charge in [-0.25, -0.2) is 10.2 Å². The zero-order chi connectivity index (χ0) is 14.7. The Bertz CT molecular complexity index is 607. The molecule has 6 heteroatoms. The van der Waals surface area contributed by atoms with Gasteiger partial charge in [-0.2, -0.15) is 0 Å². The van der Waals surface area contributed by atoms with E-state index in [0.717, 1.165) is 5.69 Å². The zero-order valence-corrected chi connectivity index (χ0v) is 11.3. The summed E-state index contributed by atoms with van der Waals surface area (Å²) < 4.78 is 18.4. The lowest BCUT2D eigenvalue weighted by Gasteiger charge is -2.17. The number of hydrogen-bond acceptors (Lipinski definition) is 4. The minimum absolute atomic E-state index is 0.280. The first-order valence-corrected chi connectivity index (χ1v) is 6.08. The highest BCUT2D eigenvalue weighted by Gasteiger charge is 2.15. The van der Waals surface area contributed by atoms with Crippen LogP contribution in [0.4, 0.5) is 10.1 Å². The van der Waals surface area contributed by atoms with Gasteiger partial charge in [0, 0.05) is 12.7 Å². The van der Waals surface area contributed by atoms with Crippen molar-refractivity contribution in [1.82, 2.24) is 5.43 Å². The molecule has 20 heavy (non-hydrogen) atoms. The molecule has 2 rings (SSSR count). The van der Waals surface area contributed by atoms with Crippen LogP contribution in [0.5, 0.6) is 0 Å². The van der Waals surface area contributed by atoms with E-state index in [1.165, 1.54) is 12.1 Å². The molecule has 3 N–H and O–H groups in total. The second kappa shape index (κ2) is 5.75. The smallest absolute Gasteiger partial charge is 0.268 e. The Morgan fingerprint density at radius 3 is 2.65 bits per heavy atom. The first-order valence-electron chi connectivity index (χ1n) is 6.08. The molecular weight excluding hydrogens is 261 g/mol. The van der Waals surface area contributed by atoms with Crippen molar-refractivity contribution in [3.63, 3.8) is 0 Å². The molecule has 0 fully saturated rings. The molecule has 0 atom stereocenters. The second-order valence-corrected chi connectivity index (χ2v) is 4.49. The van der Waals surface area contributed by atoms with E-state index >= 15 is 0 Å². The lowest BCUT2D eigenvalue weighted by Crippen LogP contribution is -2.30. The lowest BCUT2D eigenvalue weighted by atomic mass is 10.2. The fourth-order valence-electron chi connectivity index (χ4n) is 1.95. The van der Waals surface area contributed by atoms with E-state index < -0.39 is 0 Å². The summed E-state index contributed by atoms with van der Waals surface area (Å²) in [6, 6.07) is 7.80. The predicted molar refractivity (Wildman–Crippen MR) is 73.6 cm³/mol. The Balaban J connectivity index is 2.13. The normalized spacial score (nSPS) is 10.4. The van der Waals surface area contributed by atoms with Gasteiger partial charge in [-0.05, 0) is 37.3 Å². The summed E-state index contributed by atoms with van der Waals surface area (Å²) in [4.78, 5) is 13.4. The number of carbonyl (C=O) groups excluding carboxylic acids is 1. The highest BCUT2D eigenvalue weighted by atomic mass is 19.1. The molecule has 1 heterocycles. The maximum absolute atomic E-state index is 12.9. The number of aryl methyl sites for hydroxylation is 1. The number of hydrogen-bond donors (Lipinski definition) is 2. The van der Waals surface area contributed by atoms with Crippen LogP contribution < -0.4 is 16.2 Å². The molecular formula is C14H16FN3O2.